The van der Waals surface area contributed by atoms with Crippen LogP contribution < -0.4 is 16.1 Å². The molecule has 10 nitrogen and oxygen atoms in total. The van der Waals surface area contributed by atoms with E-state index in [2.05, 4.69) is 47.0 Å². The molecule has 29 heavy (non-hydrogen) atoms. The van der Waals surface area contributed by atoms with Gasteiger partial charge in [-0.3, -0.25) is 14.6 Å². The van der Waals surface area contributed by atoms with Crippen LogP contribution in [0.25, 0.3) is 0 Å². The van der Waals surface area contributed by atoms with Crippen molar-refractivity contribution in [3.8, 4) is 0 Å². The lowest BCUT2D eigenvalue weighted by atomic mass is 9.84. The van der Waals surface area contributed by atoms with E-state index < -0.39 is 23.5 Å². The number of nitrogens with one attached hydrogen (secondary N) is 3. The first-order valence-corrected chi connectivity index (χ1v) is 10.1. The predicted octanol–water partition coefficient (Wildman–Crippen LogP) is 0.373. The molecule has 0 unspecified atom stereocenters. The number of carbonyl (C=O) groups excluding carboxylic acids is 3. The van der Waals surface area contributed by atoms with E-state index in [1.165, 1.54) is 7.05 Å². The summed E-state index contributed by atoms with van der Waals surface area (Å²) in [5.41, 5.74) is 2.74. The third-order valence-corrected chi connectivity index (χ3v) is 5.61. The molecule has 1 aromatic heterocycles. The molecule has 1 aromatic rings. The lowest BCUT2D eigenvalue weighted by Crippen LogP contribution is -2.57. The Morgan fingerprint density at radius 3 is 2.76 bits per heavy atom. The molecule has 0 radical (unpaired) electrons. The largest absolute Gasteiger partial charge is 0.435 e. The zero-order valence-electron chi connectivity index (χ0n) is 16.2. The zero-order chi connectivity index (χ0) is 21.0. The van der Waals surface area contributed by atoms with Crippen molar-refractivity contribution in [1.82, 2.24) is 25.9 Å². The normalized spacial score (nSPS) is 19.6. The Morgan fingerprint density at radius 2 is 2.10 bits per heavy atom. The first-order valence-electron chi connectivity index (χ1n) is 9.27. The molecule has 3 rings (SSSR count). The van der Waals surface area contributed by atoms with Crippen molar-refractivity contribution < 1.29 is 19.1 Å². The molecule has 3 amide bonds. The number of hydrogen-bond acceptors (Lipinski definition) is 7. The van der Waals surface area contributed by atoms with Crippen LogP contribution in [0.1, 0.15) is 25.5 Å². The smallest absolute Gasteiger partial charge is 0.428 e. The summed E-state index contributed by atoms with van der Waals surface area (Å²) in [5, 5.41) is 9.22. The molecule has 1 atom stereocenters. The van der Waals surface area contributed by atoms with Gasteiger partial charge in [0.05, 0.1) is 0 Å². The summed E-state index contributed by atoms with van der Waals surface area (Å²) >= 11 is 3.49. The highest BCUT2D eigenvalue weighted by Crippen LogP contribution is 2.34. The first kappa shape index (κ1) is 21.2. The SMILES string of the molecule is CNC(=O)C(=O)N[C@@H](C)CN1CCC2(CC1)OC(=O)NN=C2c1ncccc1Br. The third kappa shape index (κ3) is 4.73. The predicted molar refractivity (Wildman–Crippen MR) is 108 cm³/mol. The molecule has 3 N–H and O–H groups in total. The van der Waals surface area contributed by atoms with E-state index in [9.17, 15) is 14.4 Å². The molecule has 0 aliphatic carbocycles. The number of piperidine rings is 1. The molecule has 0 saturated carbocycles. The molecule has 2 aliphatic heterocycles. The van der Waals surface area contributed by atoms with Crippen LogP contribution in [0.3, 0.4) is 0 Å². The number of hydrogen-bond donors (Lipinski definition) is 3. The van der Waals surface area contributed by atoms with Gasteiger partial charge in [0.1, 0.15) is 11.4 Å². The maximum Gasteiger partial charge on any atom is 0.428 e. The average Bonchev–Trinajstić information content (AvgIpc) is 2.70. The molecule has 156 valence electrons. The number of halogens is 1. The third-order valence-electron chi connectivity index (χ3n) is 4.97. The van der Waals surface area contributed by atoms with Crippen LogP contribution in [-0.2, 0) is 14.3 Å². The molecule has 0 aromatic carbocycles. The van der Waals surface area contributed by atoms with Gasteiger partial charge >= 0.3 is 17.9 Å². The van der Waals surface area contributed by atoms with Crippen LogP contribution in [0.2, 0.25) is 0 Å². The van der Waals surface area contributed by atoms with Crippen molar-refractivity contribution in [3.05, 3.63) is 28.5 Å². The van der Waals surface area contributed by atoms with Crippen molar-refractivity contribution in [1.29, 1.82) is 0 Å². The van der Waals surface area contributed by atoms with Crippen molar-refractivity contribution in [3.63, 3.8) is 0 Å². The number of hydrazone groups is 1. The lowest BCUT2D eigenvalue weighted by molar-refractivity contribution is -0.139. The van der Waals surface area contributed by atoms with Crippen LogP contribution in [0.4, 0.5) is 4.79 Å². The number of aromatic nitrogens is 1. The Balaban J connectivity index is 1.67. The number of ether oxygens (including phenoxy) is 1. The van der Waals surface area contributed by atoms with E-state index in [0.717, 1.165) is 4.47 Å². The molecular formula is C18H23BrN6O4. The maximum absolute atomic E-state index is 11.9. The van der Waals surface area contributed by atoms with Crippen LogP contribution in [0.5, 0.6) is 0 Å². The second kappa shape index (κ2) is 8.87. The highest BCUT2D eigenvalue weighted by molar-refractivity contribution is 9.10. The summed E-state index contributed by atoms with van der Waals surface area (Å²) in [4.78, 5) is 41.5. The first-order chi connectivity index (χ1) is 13.8. The summed E-state index contributed by atoms with van der Waals surface area (Å²) in [7, 11) is 1.41. The van der Waals surface area contributed by atoms with Gasteiger partial charge in [-0.2, -0.15) is 5.10 Å². The van der Waals surface area contributed by atoms with Crippen LogP contribution >= 0.6 is 15.9 Å². The number of likely N-dealkylation sites (N-methyl/N-ethyl adjacent to an activating group) is 1. The van der Waals surface area contributed by atoms with Gasteiger partial charge in [0.15, 0.2) is 5.60 Å². The van der Waals surface area contributed by atoms with Gasteiger partial charge in [0.2, 0.25) is 0 Å². The van der Waals surface area contributed by atoms with E-state index in [1.54, 1.807) is 12.3 Å². The zero-order valence-corrected chi connectivity index (χ0v) is 17.8. The molecule has 1 saturated heterocycles. The minimum Gasteiger partial charge on any atom is -0.435 e. The van der Waals surface area contributed by atoms with Crippen molar-refractivity contribution in [2.24, 2.45) is 5.10 Å². The number of nitrogens with zero attached hydrogens (tertiary/aromatic N) is 3. The van der Waals surface area contributed by atoms with Gasteiger partial charge in [-0.15, -0.1) is 0 Å². The summed E-state index contributed by atoms with van der Waals surface area (Å²) < 4.78 is 6.48. The van der Waals surface area contributed by atoms with Crippen molar-refractivity contribution in [2.45, 2.75) is 31.4 Å². The van der Waals surface area contributed by atoms with Crippen molar-refractivity contribution in [2.75, 3.05) is 26.7 Å². The number of likely N-dealkylation sites (tertiary alicyclic amines) is 1. The quantitative estimate of drug-likeness (QED) is 0.550. The molecule has 3 heterocycles. The Hall–Kier alpha value is -2.53. The lowest BCUT2D eigenvalue weighted by Gasteiger charge is -2.43. The van der Waals surface area contributed by atoms with E-state index in [-0.39, 0.29) is 6.04 Å². The number of amides is 3. The molecule has 1 fully saturated rings. The molecule has 0 bridgehead atoms. The van der Waals surface area contributed by atoms with Gasteiger partial charge in [-0.05, 0) is 35.0 Å². The van der Waals surface area contributed by atoms with Crippen LogP contribution in [0.15, 0.2) is 27.9 Å². The highest BCUT2D eigenvalue weighted by Gasteiger charge is 2.47. The van der Waals surface area contributed by atoms with E-state index in [1.807, 2.05) is 13.0 Å². The standard InChI is InChI=1S/C18H23BrN6O4/c1-11(22-16(27)15(26)20-2)10-25-8-5-18(6-9-25)14(23-24-17(28)29-18)13-12(19)4-3-7-21-13/h3-4,7,11H,5-6,8-10H2,1-2H3,(H,20,26)(H,22,27)(H,24,28)/t11-/m0/s1. The average molecular weight is 467 g/mol. The van der Waals surface area contributed by atoms with E-state index >= 15 is 0 Å². The highest BCUT2D eigenvalue weighted by atomic mass is 79.9. The summed E-state index contributed by atoms with van der Waals surface area (Å²) in [6.45, 7) is 3.69. The molecular weight excluding hydrogens is 444 g/mol. The molecule has 2 aliphatic rings. The fraction of sp³-hybridized carbons (Fsp3) is 0.500. The summed E-state index contributed by atoms with van der Waals surface area (Å²) in [6.07, 6.45) is 2.16. The topological polar surface area (TPSA) is 125 Å². The number of pyridine rings is 1. The number of carbonyl (C=O) groups is 3. The van der Waals surface area contributed by atoms with Gasteiger partial charge in [0.25, 0.3) is 0 Å². The molecule has 1 spiro atoms. The van der Waals surface area contributed by atoms with Crippen LogP contribution in [-0.4, -0.2) is 71.8 Å². The Labute approximate surface area is 176 Å². The van der Waals surface area contributed by atoms with Gasteiger partial charge in [0, 0.05) is 56.2 Å². The van der Waals surface area contributed by atoms with E-state index in [0.29, 0.717) is 43.9 Å². The minimum absolute atomic E-state index is 0.206. The Morgan fingerprint density at radius 1 is 1.38 bits per heavy atom. The van der Waals surface area contributed by atoms with E-state index in [4.69, 9.17) is 4.74 Å². The fourth-order valence-electron chi connectivity index (χ4n) is 3.55. The van der Waals surface area contributed by atoms with Crippen molar-refractivity contribution >= 4 is 39.5 Å². The minimum atomic E-state index is -0.857. The number of rotatable bonds is 4. The molecule has 11 heteroatoms. The second-order valence-corrected chi connectivity index (χ2v) is 7.90. The van der Waals surface area contributed by atoms with Gasteiger partial charge < -0.3 is 20.3 Å². The monoisotopic (exact) mass is 466 g/mol. The maximum atomic E-state index is 11.9. The van der Waals surface area contributed by atoms with Gasteiger partial charge in [-0.1, -0.05) is 0 Å². The fourth-order valence-corrected chi connectivity index (χ4v) is 3.99. The second-order valence-electron chi connectivity index (χ2n) is 7.04. The Kier molecular flexibility index (Phi) is 6.48. The summed E-state index contributed by atoms with van der Waals surface area (Å²) in [6, 6.07) is 3.46. The van der Waals surface area contributed by atoms with Crippen LogP contribution in [0, 0.1) is 0 Å². The van der Waals surface area contributed by atoms with Gasteiger partial charge in [-0.25, -0.2) is 10.2 Å². The Bertz CT molecular complexity index is 837. The summed E-state index contributed by atoms with van der Waals surface area (Å²) in [5.74, 6) is -1.33.